The summed E-state index contributed by atoms with van der Waals surface area (Å²) in [5.41, 5.74) is 1.11. The number of nitrogens with zero attached hydrogens (tertiary/aromatic N) is 2. The zero-order valence-corrected chi connectivity index (χ0v) is 18.1. The first kappa shape index (κ1) is 21.7. The van der Waals surface area contributed by atoms with Gasteiger partial charge < -0.3 is 19.3 Å². The fourth-order valence-electron chi connectivity index (χ4n) is 3.85. The molecule has 2 aromatic rings. The Hall–Kier alpha value is -3.02. The number of benzene rings is 2. The summed E-state index contributed by atoms with van der Waals surface area (Å²) < 4.78 is 11.3. The van der Waals surface area contributed by atoms with Crippen LogP contribution in [0.4, 0.5) is 0 Å². The summed E-state index contributed by atoms with van der Waals surface area (Å²) in [7, 11) is 0. The zero-order chi connectivity index (χ0) is 21.7. The van der Waals surface area contributed by atoms with Crippen LogP contribution in [0, 0.1) is 0 Å². The third kappa shape index (κ3) is 4.42. The Bertz CT molecular complexity index is 825. The van der Waals surface area contributed by atoms with Crippen LogP contribution in [0.25, 0.3) is 0 Å². The Labute approximate surface area is 178 Å². The molecular formula is C24H30N2O4. The third-order valence-corrected chi connectivity index (χ3v) is 5.34. The number of carbonyl (C=O) groups is 2. The van der Waals surface area contributed by atoms with Crippen LogP contribution in [0.15, 0.2) is 48.5 Å². The lowest BCUT2D eigenvalue weighted by atomic mass is 10.0. The molecule has 0 unspecified atom stereocenters. The second-order valence-corrected chi connectivity index (χ2v) is 7.47. The summed E-state index contributed by atoms with van der Waals surface area (Å²) in [6.45, 7) is 9.66. The van der Waals surface area contributed by atoms with Crippen molar-refractivity contribution in [2.24, 2.45) is 0 Å². The summed E-state index contributed by atoms with van der Waals surface area (Å²) >= 11 is 0. The molecule has 1 fully saturated rings. The lowest BCUT2D eigenvalue weighted by Crippen LogP contribution is -2.59. The molecule has 0 aliphatic carbocycles. The normalized spacial score (nSPS) is 18.8. The molecule has 0 bridgehead atoms. The van der Waals surface area contributed by atoms with Crippen molar-refractivity contribution in [2.75, 3.05) is 26.3 Å². The zero-order valence-electron chi connectivity index (χ0n) is 18.1. The molecule has 0 spiro atoms. The van der Waals surface area contributed by atoms with Gasteiger partial charge in [0.05, 0.1) is 24.3 Å². The number of para-hydroxylation sites is 2. The van der Waals surface area contributed by atoms with Crippen molar-refractivity contribution < 1.29 is 19.1 Å². The van der Waals surface area contributed by atoms with Crippen LogP contribution in [0.5, 0.6) is 11.5 Å². The molecule has 0 radical (unpaired) electrons. The van der Waals surface area contributed by atoms with Crippen molar-refractivity contribution in [3.63, 3.8) is 0 Å². The van der Waals surface area contributed by atoms with Gasteiger partial charge >= 0.3 is 0 Å². The van der Waals surface area contributed by atoms with E-state index in [0.29, 0.717) is 48.9 Å². The minimum Gasteiger partial charge on any atom is -0.493 e. The summed E-state index contributed by atoms with van der Waals surface area (Å²) in [6, 6.07) is 14.4. The van der Waals surface area contributed by atoms with E-state index in [1.165, 1.54) is 0 Å². The maximum atomic E-state index is 13.3. The third-order valence-electron chi connectivity index (χ3n) is 5.34. The van der Waals surface area contributed by atoms with Crippen LogP contribution < -0.4 is 9.47 Å². The topological polar surface area (TPSA) is 59.1 Å². The summed E-state index contributed by atoms with van der Waals surface area (Å²) in [5.74, 6) is 1.04. The lowest BCUT2D eigenvalue weighted by Gasteiger charge is -2.44. The molecular weight excluding hydrogens is 380 g/mol. The minimum atomic E-state index is -0.119. The highest BCUT2D eigenvalue weighted by Gasteiger charge is 2.36. The molecule has 1 saturated heterocycles. The number of amides is 2. The summed E-state index contributed by atoms with van der Waals surface area (Å²) in [6.07, 6.45) is 0. The van der Waals surface area contributed by atoms with Crippen LogP contribution in [-0.2, 0) is 0 Å². The molecule has 160 valence electrons. The number of piperazine rings is 1. The van der Waals surface area contributed by atoms with E-state index < -0.39 is 0 Å². The van der Waals surface area contributed by atoms with Gasteiger partial charge in [0.1, 0.15) is 11.5 Å². The Balaban J connectivity index is 1.79. The first-order valence-corrected chi connectivity index (χ1v) is 10.5. The predicted octanol–water partition coefficient (Wildman–Crippen LogP) is 3.86. The Kier molecular flexibility index (Phi) is 6.98. The molecule has 2 atom stereocenters. The standard InChI is InChI=1S/C24H30N2O4/c1-5-29-21-13-9-7-11-19(21)23(27)25-15-18(4)26(16-17(25)3)24(28)20-12-8-10-14-22(20)30-6-2/h7-14,17-18H,5-6,15-16H2,1-4H3/t17-,18-/m1/s1. The average molecular weight is 411 g/mol. The SMILES string of the molecule is CCOc1ccccc1C(=O)N1C[C@@H](C)N(C(=O)c2ccccc2OCC)C[C@H]1C. The monoisotopic (exact) mass is 410 g/mol. The van der Waals surface area contributed by atoms with E-state index in [1.807, 2.05) is 73.9 Å². The molecule has 1 heterocycles. The predicted molar refractivity (Wildman–Crippen MR) is 116 cm³/mol. The molecule has 0 saturated carbocycles. The molecule has 30 heavy (non-hydrogen) atoms. The van der Waals surface area contributed by atoms with Crippen LogP contribution >= 0.6 is 0 Å². The summed E-state index contributed by atoms with van der Waals surface area (Å²) in [5, 5.41) is 0. The van der Waals surface area contributed by atoms with E-state index in [1.54, 1.807) is 12.1 Å². The van der Waals surface area contributed by atoms with Gasteiger partial charge in [0.15, 0.2) is 0 Å². The number of ether oxygens (including phenoxy) is 2. The number of hydrogen-bond acceptors (Lipinski definition) is 4. The number of hydrogen-bond donors (Lipinski definition) is 0. The molecule has 6 heteroatoms. The highest BCUT2D eigenvalue weighted by atomic mass is 16.5. The van der Waals surface area contributed by atoms with Gasteiger partial charge in [0, 0.05) is 25.2 Å². The second-order valence-electron chi connectivity index (χ2n) is 7.47. The molecule has 0 aromatic heterocycles. The number of carbonyl (C=O) groups excluding carboxylic acids is 2. The maximum absolute atomic E-state index is 13.3. The van der Waals surface area contributed by atoms with E-state index in [2.05, 4.69) is 0 Å². The van der Waals surface area contributed by atoms with Crippen molar-refractivity contribution in [1.82, 2.24) is 9.80 Å². The highest BCUT2D eigenvalue weighted by molar-refractivity contribution is 5.99. The van der Waals surface area contributed by atoms with E-state index in [0.717, 1.165) is 0 Å². The van der Waals surface area contributed by atoms with E-state index >= 15 is 0 Å². The molecule has 2 amide bonds. The van der Waals surface area contributed by atoms with Gasteiger partial charge in [-0.1, -0.05) is 24.3 Å². The Morgan fingerprint density at radius 3 is 1.50 bits per heavy atom. The van der Waals surface area contributed by atoms with Gasteiger partial charge in [-0.2, -0.15) is 0 Å². The second kappa shape index (κ2) is 9.65. The largest absolute Gasteiger partial charge is 0.493 e. The first-order chi connectivity index (χ1) is 14.5. The van der Waals surface area contributed by atoms with E-state index in [-0.39, 0.29) is 23.9 Å². The van der Waals surface area contributed by atoms with Gasteiger partial charge in [-0.3, -0.25) is 9.59 Å². The van der Waals surface area contributed by atoms with Crippen molar-refractivity contribution in [1.29, 1.82) is 0 Å². The molecule has 0 N–H and O–H groups in total. The summed E-state index contributed by atoms with van der Waals surface area (Å²) in [4.78, 5) is 30.2. The van der Waals surface area contributed by atoms with Gasteiger partial charge in [-0.05, 0) is 52.0 Å². The van der Waals surface area contributed by atoms with Crippen LogP contribution in [0.3, 0.4) is 0 Å². The highest BCUT2D eigenvalue weighted by Crippen LogP contribution is 2.27. The molecule has 6 nitrogen and oxygen atoms in total. The smallest absolute Gasteiger partial charge is 0.257 e. The Morgan fingerprint density at radius 1 is 0.767 bits per heavy atom. The fourth-order valence-corrected chi connectivity index (χ4v) is 3.85. The van der Waals surface area contributed by atoms with Crippen molar-refractivity contribution >= 4 is 11.8 Å². The molecule has 2 aromatic carbocycles. The van der Waals surface area contributed by atoms with Crippen molar-refractivity contribution in [3.05, 3.63) is 59.7 Å². The van der Waals surface area contributed by atoms with Gasteiger partial charge in [0.2, 0.25) is 0 Å². The van der Waals surface area contributed by atoms with Gasteiger partial charge in [-0.15, -0.1) is 0 Å². The molecule has 1 aliphatic rings. The van der Waals surface area contributed by atoms with E-state index in [4.69, 9.17) is 9.47 Å². The fraction of sp³-hybridized carbons (Fsp3) is 0.417. The van der Waals surface area contributed by atoms with Crippen LogP contribution in [-0.4, -0.2) is 60.0 Å². The van der Waals surface area contributed by atoms with Crippen molar-refractivity contribution in [2.45, 2.75) is 39.8 Å². The van der Waals surface area contributed by atoms with Crippen LogP contribution in [0.2, 0.25) is 0 Å². The average Bonchev–Trinajstić information content (AvgIpc) is 2.75. The molecule has 1 aliphatic heterocycles. The van der Waals surface area contributed by atoms with Gasteiger partial charge in [0.25, 0.3) is 11.8 Å². The quantitative estimate of drug-likeness (QED) is 0.726. The Morgan fingerprint density at radius 2 is 1.13 bits per heavy atom. The van der Waals surface area contributed by atoms with Gasteiger partial charge in [-0.25, -0.2) is 0 Å². The molecule has 3 rings (SSSR count). The minimum absolute atomic E-state index is 0.0692. The maximum Gasteiger partial charge on any atom is 0.257 e. The van der Waals surface area contributed by atoms with Crippen LogP contribution in [0.1, 0.15) is 48.4 Å². The lowest BCUT2D eigenvalue weighted by molar-refractivity contribution is 0.0266. The first-order valence-electron chi connectivity index (χ1n) is 10.5. The van der Waals surface area contributed by atoms with Crippen molar-refractivity contribution in [3.8, 4) is 11.5 Å². The number of rotatable bonds is 6. The van der Waals surface area contributed by atoms with E-state index in [9.17, 15) is 9.59 Å².